The van der Waals surface area contributed by atoms with Crippen LogP contribution >= 0.6 is 0 Å². The molecule has 0 amide bonds. The molecule has 0 atom stereocenters. The van der Waals surface area contributed by atoms with E-state index in [0.717, 1.165) is 6.26 Å². The van der Waals surface area contributed by atoms with E-state index in [1.165, 1.54) is 12.1 Å². The van der Waals surface area contributed by atoms with Crippen molar-refractivity contribution >= 4 is 15.5 Å². The van der Waals surface area contributed by atoms with E-state index in [1.54, 1.807) is 6.07 Å². The predicted molar refractivity (Wildman–Crippen MR) is 84.6 cm³/mol. The summed E-state index contributed by atoms with van der Waals surface area (Å²) in [5.74, 6) is -0.470. The molecule has 7 heteroatoms. The monoisotopic (exact) mass is 347 g/mol. The van der Waals surface area contributed by atoms with E-state index in [0.29, 0.717) is 43.5 Å². The van der Waals surface area contributed by atoms with Gasteiger partial charge in [-0.3, -0.25) is 0 Å². The molecule has 0 heterocycles. The quantitative estimate of drug-likeness (QED) is 0.871. The summed E-state index contributed by atoms with van der Waals surface area (Å²) in [6, 6.07) is 4.31. The van der Waals surface area contributed by atoms with Crippen LogP contribution in [0.3, 0.4) is 0 Å². The Labute approximate surface area is 134 Å². The zero-order chi connectivity index (χ0) is 17.0. The Kier molecular flexibility index (Phi) is 5.73. The van der Waals surface area contributed by atoms with Gasteiger partial charge in [0.05, 0.1) is 11.4 Å². The van der Waals surface area contributed by atoms with Crippen molar-refractivity contribution in [2.75, 3.05) is 18.1 Å². The van der Waals surface area contributed by atoms with E-state index in [4.69, 9.17) is 0 Å². The fraction of sp³-hybridized carbons (Fsp3) is 0.500. The highest BCUT2D eigenvalue weighted by molar-refractivity contribution is 7.89. The molecule has 0 unspecified atom stereocenters. The molecule has 3 nitrogen and oxygen atoms in total. The Morgan fingerprint density at radius 3 is 2.43 bits per heavy atom. The predicted octanol–water partition coefficient (Wildman–Crippen LogP) is 4.12. The lowest BCUT2D eigenvalue weighted by Crippen LogP contribution is -2.18. The smallest absolute Gasteiger partial charge is 0.269 e. The molecule has 0 aromatic heterocycles. The van der Waals surface area contributed by atoms with Gasteiger partial charge < -0.3 is 5.32 Å². The molecule has 0 saturated heterocycles. The van der Waals surface area contributed by atoms with Gasteiger partial charge in [0, 0.05) is 12.8 Å². The van der Waals surface area contributed by atoms with Crippen LogP contribution in [0.25, 0.3) is 0 Å². The molecule has 0 spiro atoms. The van der Waals surface area contributed by atoms with Crippen LogP contribution in [-0.2, 0) is 15.6 Å². The average molecular weight is 347 g/mol. The summed E-state index contributed by atoms with van der Waals surface area (Å²) < 4.78 is 61.4. The maximum atomic E-state index is 14.0. The SMILES string of the molecule is CS(=O)(=O)Cc1ccc(NCC2CCC(=C(F)F)CC2)c(F)c1. The van der Waals surface area contributed by atoms with Gasteiger partial charge >= 0.3 is 0 Å². The van der Waals surface area contributed by atoms with Crippen molar-refractivity contribution in [3.05, 3.63) is 41.2 Å². The molecule has 1 saturated carbocycles. The number of rotatable bonds is 5. The minimum Gasteiger partial charge on any atom is -0.382 e. The summed E-state index contributed by atoms with van der Waals surface area (Å²) in [4.78, 5) is 0. The molecule has 1 fully saturated rings. The highest BCUT2D eigenvalue weighted by Gasteiger charge is 2.20. The lowest BCUT2D eigenvalue weighted by atomic mass is 9.86. The molecular weight excluding hydrogens is 327 g/mol. The number of halogens is 3. The standard InChI is InChI=1S/C16H20F3NO2S/c1-23(21,22)10-12-4-7-15(14(17)8-12)20-9-11-2-5-13(6-3-11)16(18)19/h4,7-8,11,20H,2-3,5-6,9-10H2,1H3. The Morgan fingerprint density at radius 2 is 1.91 bits per heavy atom. The topological polar surface area (TPSA) is 46.2 Å². The highest BCUT2D eigenvalue weighted by atomic mass is 32.2. The van der Waals surface area contributed by atoms with Gasteiger partial charge in [-0.05, 0) is 54.9 Å². The number of hydrogen-bond acceptors (Lipinski definition) is 3. The van der Waals surface area contributed by atoms with E-state index < -0.39 is 21.7 Å². The van der Waals surface area contributed by atoms with Crippen LogP contribution in [0.2, 0.25) is 0 Å². The molecule has 0 aliphatic heterocycles. The van der Waals surface area contributed by atoms with Gasteiger partial charge in [-0.1, -0.05) is 6.07 Å². The molecule has 128 valence electrons. The highest BCUT2D eigenvalue weighted by Crippen LogP contribution is 2.31. The summed E-state index contributed by atoms with van der Waals surface area (Å²) >= 11 is 0. The average Bonchev–Trinajstić information content (AvgIpc) is 2.45. The third kappa shape index (κ3) is 5.57. The summed E-state index contributed by atoms with van der Waals surface area (Å²) in [7, 11) is -3.20. The second-order valence-corrected chi connectivity index (χ2v) is 8.21. The maximum Gasteiger partial charge on any atom is 0.269 e. The van der Waals surface area contributed by atoms with E-state index in [9.17, 15) is 21.6 Å². The lowest BCUT2D eigenvalue weighted by molar-refractivity contribution is 0.365. The van der Waals surface area contributed by atoms with Crippen molar-refractivity contribution < 1.29 is 21.6 Å². The molecule has 1 aromatic rings. The lowest BCUT2D eigenvalue weighted by Gasteiger charge is -2.24. The number of allylic oxidation sites excluding steroid dienone is 1. The third-order valence-electron chi connectivity index (χ3n) is 4.02. The number of sulfone groups is 1. The number of anilines is 1. The van der Waals surface area contributed by atoms with Crippen molar-refractivity contribution in [1.29, 1.82) is 0 Å². The second kappa shape index (κ2) is 7.38. The third-order valence-corrected chi connectivity index (χ3v) is 4.88. The van der Waals surface area contributed by atoms with Crippen LogP contribution in [0.1, 0.15) is 31.2 Å². The largest absolute Gasteiger partial charge is 0.382 e. The van der Waals surface area contributed by atoms with Gasteiger partial charge in [-0.25, -0.2) is 12.8 Å². The van der Waals surface area contributed by atoms with Crippen molar-refractivity contribution in [3.63, 3.8) is 0 Å². The minimum absolute atomic E-state index is 0.198. The number of hydrogen-bond donors (Lipinski definition) is 1. The zero-order valence-corrected chi connectivity index (χ0v) is 13.7. The molecule has 0 radical (unpaired) electrons. The molecule has 0 bridgehead atoms. The first-order chi connectivity index (χ1) is 10.7. The van der Waals surface area contributed by atoms with Crippen molar-refractivity contribution in [3.8, 4) is 0 Å². The van der Waals surface area contributed by atoms with E-state index in [2.05, 4.69) is 5.32 Å². The molecular formula is C16H20F3NO2S. The molecule has 1 N–H and O–H groups in total. The summed E-state index contributed by atoms with van der Waals surface area (Å²) in [5.41, 5.74) is 0.944. The number of nitrogens with one attached hydrogen (secondary N) is 1. The van der Waals surface area contributed by atoms with Crippen LogP contribution in [0.5, 0.6) is 0 Å². The molecule has 23 heavy (non-hydrogen) atoms. The summed E-state index contributed by atoms with van der Waals surface area (Å²) in [6.07, 6.45) is 1.64. The van der Waals surface area contributed by atoms with Gasteiger partial charge in [0.25, 0.3) is 6.08 Å². The van der Waals surface area contributed by atoms with Gasteiger partial charge in [-0.15, -0.1) is 0 Å². The van der Waals surface area contributed by atoms with Crippen LogP contribution < -0.4 is 5.32 Å². The fourth-order valence-electron chi connectivity index (χ4n) is 2.77. The van der Waals surface area contributed by atoms with Crippen LogP contribution in [0.4, 0.5) is 18.9 Å². The number of benzene rings is 1. The van der Waals surface area contributed by atoms with Gasteiger partial charge in [0.15, 0.2) is 9.84 Å². The van der Waals surface area contributed by atoms with Crippen molar-refractivity contribution in [1.82, 2.24) is 0 Å². The Balaban J connectivity index is 1.90. The fourth-order valence-corrected chi connectivity index (χ4v) is 3.55. The summed E-state index contributed by atoms with van der Waals surface area (Å²) in [6.45, 7) is 0.517. The summed E-state index contributed by atoms with van der Waals surface area (Å²) in [5, 5.41) is 2.99. The van der Waals surface area contributed by atoms with Crippen molar-refractivity contribution in [2.24, 2.45) is 5.92 Å². The Bertz CT molecular complexity index is 687. The van der Waals surface area contributed by atoms with Crippen LogP contribution in [0.15, 0.2) is 29.9 Å². The molecule has 1 aliphatic carbocycles. The molecule has 1 aromatic carbocycles. The Hall–Kier alpha value is -1.50. The molecule has 1 aliphatic rings. The zero-order valence-electron chi connectivity index (χ0n) is 12.9. The normalized spacial score (nSPS) is 18.8. The Morgan fingerprint density at radius 1 is 1.26 bits per heavy atom. The first-order valence-corrected chi connectivity index (χ1v) is 9.53. The minimum atomic E-state index is -3.20. The maximum absolute atomic E-state index is 14.0. The first-order valence-electron chi connectivity index (χ1n) is 7.47. The van der Waals surface area contributed by atoms with Crippen LogP contribution in [0, 0.1) is 11.7 Å². The molecule has 2 rings (SSSR count). The van der Waals surface area contributed by atoms with Gasteiger partial charge in [0.1, 0.15) is 5.82 Å². The van der Waals surface area contributed by atoms with E-state index >= 15 is 0 Å². The van der Waals surface area contributed by atoms with E-state index in [1.807, 2.05) is 0 Å². The van der Waals surface area contributed by atoms with Crippen LogP contribution in [-0.4, -0.2) is 21.2 Å². The second-order valence-electron chi connectivity index (χ2n) is 6.07. The van der Waals surface area contributed by atoms with Gasteiger partial charge in [-0.2, -0.15) is 8.78 Å². The first kappa shape index (κ1) is 17.8. The van der Waals surface area contributed by atoms with Gasteiger partial charge in [0.2, 0.25) is 0 Å². The van der Waals surface area contributed by atoms with Crippen molar-refractivity contribution in [2.45, 2.75) is 31.4 Å². The van der Waals surface area contributed by atoms with E-state index in [-0.39, 0.29) is 17.2 Å².